The molecule has 1 saturated carbocycles. The SMILES string of the molecule is BC(B)(B)Nc1ncc(-c2nc3cc(N4CCO[C@H](C)C4)ccc3o2)c2cc(NC(=O)[C@H]3C[C@H]3C)ncc12. The summed E-state index contributed by atoms with van der Waals surface area (Å²) in [4.78, 5) is 29.0. The third-order valence-corrected chi connectivity index (χ3v) is 7.17. The summed E-state index contributed by atoms with van der Waals surface area (Å²) in [6.07, 6.45) is 4.64. The molecule has 0 unspecified atom stereocenters. The first-order valence-corrected chi connectivity index (χ1v) is 13.3. The summed E-state index contributed by atoms with van der Waals surface area (Å²) < 4.78 is 11.9. The molecule has 0 radical (unpaired) electrons. The first-order chi connectivity index (χ1) is 18.1. The van der Waals surface area contributed by atoms with Crippen LogP contribution in [0.3, 0.4) is 0 Å². The van der Waals surface area contributed by atoms with Crippen LogP contribution in [-0.2, 0) is 9.53 Å². The summed E-state index contributed by atoms with van der Waals surface area (Å²) in [7, 11) is 6.25. The minimum Gasteiger partial charge on any atom is -0.436 e. The van der Waals surface area contributed by atoms with Gasteiger partial charge in [-0.15, -0.1) is 0 Å². The number of oxazole rings is 1. The molecule has 1 amide bonds. The number of amides is 1. The van der Waals surface area contributed by atoms with Gasteiger partial charge in [0.2, 0.25) is 11.8 Å². The number of pyridine rings is 2. The average Bonchev–Trinajstić information content (AvgIpc) is 3.45. The second-order valence-corrected chi connectivity index (χ2v) is 11.6. The van der Waals surface area contributed by atoms with Gasteiger partial charge in [0.25, 0.3) is 0 Å². The molecule has 2 aliphatic rings. The lowest BCUT2D eigenvalue weighted by molar-refractivity contribution is -0.117. The molecule has 9 nitrogen and oxygen atoms in total. The van der Waals surface area contributed by atoms with E-state index in [4.69, 9.17) is 19.1 Å². The molecular formula is C26H31B3N6O3. The van der Waals surface area contributed by atoms with E-state index in [1.807, 2.05) is 12.1 Å². The lowest BCUT2D eigenvalue weighted by Gasteiger charge is -2.32. The highest BCUT2D eigenvalue weighted by atomic mass is 16.5. The Labute approximate surface area is 224 Å². The molecule has 2 fully saturated rings. The number of nitrogens with one attached hydrogen (secondary N) is 2. The molecule has 1 aliphatic carbocycles. The molecule has 1 saturated heterocycles. The first-order valence-electron chi connectivity index (χ1n) is 13.3. The van der Waals surface area contributed by atoms with Crippen LogP contribution >= 0.6 is 0 Å². The quantitative estimate of drug-likeness (QED) is 0.375. The van der Waals surface area contributed by atoms with Gasteiger partial charge < -0.3 is 24.7 Å². The van der Waals surface area contributed by atoms with Crippen LogP contribution in [0.2, 0.25) is 0 Å². The summed E-state index contributed by atoms with van der Waals surface area (Å²) in [6, 6.07) is 7.99. The van der Waals surface area contributed by atoms with Crippen LogP contribution < -0.4 is 15.5 Å². The molecule has 0 spiro atoms. The predicted octanol–water partition coefficient (Wildman–Crippen LogP) is 1.18. The normalized spacial score (nSPS) is 21.5. The van der Waals surface area contributed by atoms with E-state index in [0.29, 0.717) is 29.8 Å². The zero-order valence-electron chi connectivity index (χ0n) is 22.5. The van der Waals surface area contributed by atoms with Gasteiger partial charge in [0.05, 0.1) is 18.3 Å². The number of benzene rings is 1. The molecule has 38 heavy (non-hydrogen) atoms. The van der Waals surface area contributed by atoms with Crippen molar-refractivity contribution in [3.63, 3.8) is 0 Å². The molecule has 0 bridgehead atoms. The maximum absolute atomic E-state index is 12.6. The molecule has 2 N–H and O–H groups in total. The number of aromatic nitrogens is 3. The molecule has 192 valence electrons. The Kier molecular flexibility index (Phi) is 6.09. The van der Waals surface area contributed by atoms with E-state index >= 15 is 0 Å². The summed E-state index contributed by atoms with van der Waals surface area (Å²) >= 11 is 0. The largest absolute Gasteiger partial charge is 0.436 e. The molecule has 3 aromatic heterocycles. The lowest BCUT2D eigenvalue weighted by Crippen LogP contribution is -2.41. The van der Waals surface area contributed by atoms with E-state index < -0.39 is 0 Å². The van der Waals surface area contributed by atoms with Crippen molar-refractivity contribution in [3.8, 4) is 11.5 Å². The van der Waals surface area contributed by atoms with Crippen molar-refractivity contribution in [2.75, 3.05) is 35.2 Å². The number of anilines is 3. The fourth-order valence-corrected chi connectivity index (χ4v) is 5.02. The Morgan fingerprint density at radius 2 is 1.95 bits per heavy atom. The smallest absolute Gasteiger partial charge is 0.229 e. The van der Waals surface area contributed by atoms with Gasteiger partial charge in [-0.2, -0.15) is 0 Å². The van der Waals surface area contributed by atoms with Crippen molar-refractivity contribution in [2.45, 2.75) is 31.6 Å². The van der Waals surface area contributed by atoms with E-state index in [2.05, 4.69) is 70.0 Å². The number of carbonyl (C=O) groups excluding carboxylic acids is 1. The molecule has 6 rings (SSSR count). The van der Waals surface area contributed by atoms with E-state index in [-0.39, 0.29) is 23.2 Å². The fourth-order valence-electron chi connectivity index (χ4n) is 5.02. The van der Waals surface area contributed by atoms with Crippen LogP contribution in [0.1, 0.15) is 20.3 Å². The van der Waals surface area contributed by atoms with Gasteiger partial charge in [0, 0.05) is 47.9 Å². The Balaban J connectivity index is 1.40. The van der Waals surface area contributed by atoms with E-state index in [0.717, 1.165) is 52.9 Å². The number of hydrogen-bond acceptors (Lipinski definition) is 8. The third-order valence-electron chi connectivity index (χ3n) is 7.17. The van der Waals surface area contributed by atoms with E-state index in [9.17, 15) is 4.79 Å². The maximum Gasteiger partial charge on any atom is 0.229 e. The van der Waals surface area contributed by atoms with Crippen molar-refractivity contribution in [1.29, 1.82) is 0 Å². The van der Waals surface area contributed by atoms with Crippen molar-refractivity contribution in [3.05, 3.63) is 36.7 Å². The topological polar surface area (TPSA) is 105 Å². The monoisotopic (exact) mass is 508 g/mol. The standard InChI is InChI=1S/C26H31B3N6O3/c1-13-7-16(13)24(36)33-22-9-17-18(10-30-22)23(34-26(27,28)29)31-11-19(17)25-32-20-8-15(3-4-21(20)38-25)35-5-6-37-14(2)12-35/h3-4,8-11,13-14,16H,5-7,12,27-29H2,1-2H3,(H,31,34)(H,30,33,36)/t13-,14-,16+/m1/s1. The summed E-state index contributed by atoms with van der Waals surface area (Å²) in [5.74, 6) is 2.20. The minimum atomic E-state index is -0.193. The van der Waals surface area contributed by atoms with Gasteiger partial charge in [0.1, 0.15) is 40.7 Å². The zero-order valence-corrected chi connectivity index (χ0v) is 22.5. The van der Waals surface area contributed by atoms with Crippen molar-refractivity contribution in [1.82, 2.24) is 15.0 Å². The first kappa shape index (κ1) is 24.8. The van der Waals surface area contributed by atoms with Gasteiger partial charge in [0.15, 0.2) is 5.58 Å². The highest BCUT2D eigenvalue weighted by Gasteiger charge is 2.39. The molecule has 4 heterocycles. The Morgan fingerprint density at radius 3 is 2.68 bits per heavy atom. The van der Waals surface area contributed by atoms with Gasteiger partial charge in [-0.25, -0.2) is 15.0 Å². The second kappa shape index (κ2) is 9.34. The third kappa shape index (κ3) is 4.97. The molecule has 1 aliphatic heterocycles. The number of nitrogens with zero attached hydrogens (tertiary/aromatic N) is 4. The Hall–Kier alpha value is -3.53. The highest BCUT2D eigenvalue weighted by molar-refractivity contribution is 6.60. The number of carbonyl (C=O) groups is 1. The average molecular weight is 508 g/mol. The lowest BCUT2D eigenvalue weighted by atomic mass is 9.49. The summed E-state index contributed by atoms with van der Waals surface area (Å²) in [5.41, 5.74) is 3.34. The highest BCUT2D eigenvalue weighted by Crippen LogP contribution is 2.39. The van der Waals surface area contributed by atoms with Crippen LogP contribution in [0.5, 0.6) is 0 Å². The van der Waals surface area contributed by atoms with Crippen LogP contribution in [0, 0.1) is 11.8 Å². The number of ether oxygens (including phenoxy) is 1. The number of rotatable bonds is 6. The van der Waals surface area contributed by atoms with Crippen LogP contribution in [0.25, 0.3) is 33.3 Å². The molecular weight excluding hydrogens is 477 g/mol. The molecule has 4 aromatic rings. The Bertz CT molecular complexity index is 1540. The van der Waals surface area contributed by atoms with E-state index in [1.165, 1.54) is 0 Å². The van der Waals surface area contributed by atoms with Crippen LogP contribution in [0.15, 0.2) is 41.1 Å². The number of fused-ring (bicyclic) bond motifs is 2. The van der Waals surface area contributed by atoms with Gasteiger partial charge in [-0.3, -0.25) is 4.79 Å². The van der Waals surface area contributed by atoms with Gasteiger partial charge in [-0.1, -0.05) is 6.92 Å². The number of morpholine rings is 1. The molecule has 12 heteroatoms. The van der Waals surface area contributed by atoms with Crippen LogP contribution in [0.4, 0.5) is 17.3 Å². The van der Waals surface area contributed by atoms with Gasteiger partial charge in [-0.05, 0) is 48.8 Å². The van der Waals surface area contributed by atoms with Crippen molar-refractivity contribution < 1.29 is 13.9 Å². The van der Waals surface area contributed by atoms with Gasteiger partial charge >= 0.3 is 0 Å². The predicted molar refractivity (Wildman–Crippen MR) is 158 cm³/mol. The zero-order chi connectivity index (χ0) is 26.6. The summed E-state index contributed by atoms with van der Waals surface area (Å²) in [5, 5.41) is 7.95. The van der Waals surface area contributed by atoms with Crippen molar-refractivity contribution >= 4 is 68.6 Å². The number of hydrogen-bond donors (Lipinski definition) is 2. The summed E-state index contributed by atoms with van der Waals surface area (Å²) in [6.45, 7) is 6.58. The Morgan fingerprint density at radius 1 is 1.13 bits per heavy atom. The maximum atomic E-state index is 12.6. The van der Waals surface area contributed by atoms with Crippen molar-refractivity contribution in [2.24, 2.45) is 11.8 Å². The fraction of sp³-hybridized carbons (Fsp3) is 0.385. The molecule has 1 aromatic carbocycles. The van der Waals surface area contributed by atoms with Crippen LogP contribution in [-0.4, -0.2) is 75.4 Å². The molecule has 3 atom stereocenters. The minimum absolute atomic E-state index is 0.0137. The van der Waals surface area contributed by atoms with E-state index in [1.54, 1.807) is 12.4 Å². The second-order valence-electron chi connectivity index (χ2n) is 11.6.